The van der Waals surface area contributed by atoms with Crippen LogP contribution in [0.5, 0.6) is 0 Å². The molecule has 0 saturated heterocycles. The van der Waals surface area contributed by atoms with Crippen LogP contribution in [0, 0.1) is 5.82 Å². The maximum absolute atomic E-state index is 13.2. The van der Waals surface area contributed by atoms with Crippen LogP contribution in [0.25, 0.3) is 10.6 Å². The zero-order valence-corrected chi connectivity index (χ0v) is 16.1. The summed E-state index contributed by atoms with van der Waals surface area (Å²) in [5, 5.41) is 3.41. The van der Waals surface area contributed by atoms with Gasteiger partial charge < -0.3 is 9.26 Å². The molecule has 3 rings (SSSR count). The quantitative estimate of drug-likeness (QED) is 0.589. The molecule has 0 aliphatic rings. The third-order valence-electron chi connectivity index (χ3n) is 3.26. The predicted octanol–water partition coefficient (Wildman–Crippen LogP) is 4.17. The van der Waals surface area contributed by atoms with E-state index in [1.165, 1.54) is 30.3 Å². The Morgan fingerprint density at radius 3 is 2.81 bits per heavy atom. The van der Waals surface area contributed by atoms with E-state index in [9.17, 15) is 17.6 Å². The monoisotopic (exact) mass is 430 g/mol. The van der Waals surface area contributed by atoms with Gasteiger partial charge in [0, 0.05) is 6.07 Å². The first-order valence-electron chi connectivity index (χ1n) is 7.52. The summed E-state index contributed by atoms with van der Waals surface area (Å²) in [6.45, 7) is 1.86. The highest BCUT2D eigenvalue weighted by molar-refractivity contribution is 7.94. The van der Waals surface area contributed by atoms with Gasteiger partial charge >= 0.3 is 5.97 Å². The fourth-order valence-electron chi connectivity index (χ4n) is 2.05. The van der Waals surface area contributed by atoms with Gasteiger partial charge in [-0.15, -0.1) is 11.3 Å². The maximum atomic E-state index is 13.2. The van der Waals surface area contributed by atoms with Gasteiger partial charge in [0.25, 0.3) is 10.0 Å². The fourth-order valence-corrected chi connectivity index (χ4v) is 4.54. The Morgan fingerprint density at radius 2 is 2.11 bits per heavy atom. The molecule has 0 bridgehead atoms. The van der Waals surface area contributed by atoms with E-state index in [-0.39, 0.29) is 33.0 Å². The van der Waals surface area contributed by atoms with Gasteiger partial charge in [-0.05, 0) is 37.3 Å². The summed E-state index contributed by atoms with van der Waals surface area (Å²) in [6, 6.07) is 7.76. The Morgan fingerprint density at radius 1 is 1.33 bits per heavy atom. The second-order valence-electron chi connectivity index (χ2n) is 5.15. The van der Waals surface area contributed by atoms with Crippen molar-refractivity contribution in [1.29, 1.82) is 0 Å². The summed E-state index contributed by atoms with van der Waals surface area (Å²) in [7, 11) is -3.91. The predicted molar refractivity (Wildman–Crippen MR) is 98.0 cm³/mol. The van der Waals surface area contributed by atoms with E-state index in [0.29, 0.717) is 4.88 Å². The van der Waals surface area contributed by atoms with Crippen LogP contribution in [-0.4, -0.2) is 26.2 Å². The van der Waals surface area contributed by atoms with Gasteiger partial charge in [0.05, 0.1) is 22.2 Å². The lowest BCUT2D eigenvalue weighted by atomic mass is 10.3. The van der Waals surface area contributed by atoms with Crippen molar-refractivity contribution in [2.75, 3.05) is 11.3 Å². The number of sulfonamides is 1. The van der Waals surface area contributed by atoms with E-state index in [4.69, 9.17) is 20.9 Å². The average molecular weight is 431 g/mol. The van der Waals surface area contributed by atoms with Crippen LogP contribution in [0.15, 0.2) is 45.1 Å². The van der Waals surface area contributed by atoms with Crippen LogP contribution in [0.1, 0.15) is 17.4 Å². The zero-order valence-electron chi connectivity index (χ0n) is 13.7. The Labute approximate surface area is 162 Å². The summed E-state index contributed by atoms with van der Waals surface area (Å²) in [5.74, 6) is -1.05. The van der Waals surface area contributed by atoms with E-state index in [0.717, 1.165) is 17.4 Å². The molecule has 0 aliphatic carbocycles. The summed E-state index contributed by atoms with van der Waals surface area (Å²) >= 11 is 6.57. The standard InChI is InChI=1S/C16H12ClFN2O5S2/c1-2-24-16(21)12-8-13(25-19-12)14-5-6-15(26-14)27(22,23)20-9-3-4-11(18)10(17)7-9/h3-8,20H,2H2,1H3. The van der Waals surface area contributed by atoms with Gasteiger partial charge in [0.15, 0.2) is 11.5 Å². The molecule has 142 valence electrons. The number of hydrogen-bond acceptors (Lipinski definition) is 7. The van der Waals surface area contributed by atoms with Gasteiger partial charge in [-0.1, -0.05) is 16.8 Å². The summed E-state index contributed by atoms with van der Waals surface area (Å²) < 4.78 is 50.4. The van der Waals surface area contributed by atoms with Crippen LogP contribution in [0.2, 0.25) is 5.02 Å². The first-order chi connectivity index (χ1) is 12.8. The second-order valence-corrected chi connectivity index (χ2v) is 8.55. The highest BCUT2D eigenvalue weighted by Gasteiger charge is 2.21. The van der Waals surface area contributed by atoms with Crippen molar-refractivity contribution >= 4 is 44.6 Å². The SMILES string of the molecule is CCOC(=O)c1cc(-c2ccc(S(=O)(=O)Nc3ccc(F)c(Cl)c3)s2)on1. The number of benzene rings is 1. The lowest BCUT2D eigenvalue weighted by molar-refractivity contribution is 0.0514. The number of esters is 1. The molecule has 3 aromatic rings. The Bertz CT molecular complexity index is 1090. The molecule has 27 heavy (non-hydrogen) atoms. The summed E-state index contributed by atoms with van der Waals surface area (Å²) in [6.07, 6.45) is 0. The maximum Gasteiger partial charge on any atom is 0.360 e. The molecule has 0 fully saturated rings. The van der Waals surface area contributed by atoms with Crippen molar-refractivity contribution in [3.05, 3.63) is 52.9 Å². The van der Waals surface area contributed by atoms with Crippen molar-refractivity contribution in [3.63, 3.8) is 0 Å². The number of ether oxygens (including phenoxy) is 1. The van der Waals surface area contributed by atoms with E-state index >= 15 is 0 Å². The number of halogens is 2. The normalized spacial score (nSPS) is 11.4. The van der Waals surface area contributed by atoms with E-state index in [1.54, 1.807) is 6.92 Å². The third-order valence-corrected chi connectivity index (χ3v) is 6.52. The second kappa shape index (κ2) is 7.67. The molecule has 1 aromatic carbocycles. The van der Waals surface area contributed by atoms with E-state index in [2.05, 4.69) is 9.88 Å². The van der Waals surface area contributed by atoms with Crippen molar-refractivity contribution in [2.24, 2.45) is 0 Å². The van der Waals surface area contributed by atoms with E-state index < -0.39 is 21.8 Å². The molecular weight excluding hydrogens is 419 g/mol. The number of thiophene rings is 1. The highest BCUT2D eigenvalue weighted by atomic mass is 35.5. The third kappa shape index (κ3) is 4.29. The van der Waals surface area contributed by atoms with Crippen LogP contribution in [-0.2, 0) is 14.8 Å². The smallest absolute Gasteiger partial charge is 0.360 e. The van der Waals surface area contributed by atoms with Crippen molar-refractivity contribution in [1.82, 2.24) is 5.16 Å². The molecule has 0 spiro atoms. The van der Waals surface area contributed by atoms with Gasteiger partial charge in [-0.3, -0.25) is 4.72 Å². The Hall–Kier alpha value is -2.43. The van der Waals surface area contributed by atoms with Crippen molar-refractivity contribution < 1.29 is 26.9 Å². The Kier molecular flexibility index (Phi) is 5.49. The van der Waals surface area contributed by atoms with Gasteiger partial charge in [-0.25, -0.2) is 17.6 Å². The largest absolute Gasteiger partial charge is 0.461 e. The number of nitrogens with one attached hydrogen (secondary N) is 1. The molecule has 0 radical (unpaired) electrons. The lowest BCUT2D eigenvalue weighted by Gasteiger charge is -2.06. The van der Waals surface area contributed by atoms with Crippen LogP contribution in [0.4, 0.5) is 10.1 Å². The summed E-state index contributed by atoms with van der Waals surface area (Å²) in [4.78, 5) is 12.1. The fraction of sp³-hybridized carbons (Fsp3) is 0.125. The molecule has 11 heteroatoms. The minimum atomic E-state index is -3.91. The Balaban J connectivity index is 1.82. The van der Waals surface area contributed by atoms with E-state index in [1.807, 2.05) is 0 Å². The van der Waals surface area contributed by atoms with Crippen LogP contribution < -0.4 is 4.72 Å². The molecule has 0 aliphatic heterocycles. The number of hydrogen-bond donors (Lipinski definition) is 1. The molecule has 1 N–H and O–H groups in total. The molecule has 0 saturated carbocycles. The van der Waals surface area contributed by atoms with Crippen LogP contribution >= 0.6 is 22.9 Å². The minimum Gasteiger partial charge on any atom is -0.461 e. The number of nitrogens with zero attached hydrogens (tertiary/aromatic N) is 1. The number of anilines is 1. The molecule has 7 nitrogen and oxygen atoms in total. The molecule has 0 atom stereocenters. The molecule has 2 heterocycles. The minimum absolute atomic E-state index is 0.00738. The van der Waals surface area contributed by atoms with Gasteiger partial charge in [0.1, 0.15) is 10.0 Å². The molecule has 0 amide bonds. The topological polar surface area (TPSA) is 98.5 Å². The first-order valence-corrected chi connectivity index (χ1v) is 10.2. The van der Waals surface area contributed by atoms with Crippen molar-refractivity contribution in [3.8, 4) is 10.6 Å². The summed E-state index contributed by atoms with van der Waals surface area (Å²) in [5.41, 5.74) is 0.115. The van der Waals surface area contributed by atoms with Crippen molar-refractivity contribution in [2.45, 2.75) is 11.1 Å². The van der Waals surface area contributed by atoms with Gasteiger partial charge in [0.2, 0.25) is 0 Å². The van der Waals surface area contributed by atoms with Crippen LogP contribution in [0.3, 0.4) is 0 Å². The molecular formula is C16H12ClFN2O5S2. The molecule has 0 unspecified atom stereocenters. The number of rotatable bonds is 6. The number of carbonyl (C=O) groups excluding carboxylic acids is 1. The average Bonchev–Trinajstić information content (AvgIpc) is 3.27. The lowest BCUT2D eigenvalue weighted by Crippen LogP contribution is -2.11. The number of aromatic nitrogens is 1. The molecule has 2 aromatic heterocycles. The highest BCUT2D eigenvalue weighted by Crippen LogP contribution is 2.32. The van der Waals surface area contributed by atoms with Gasteiger partial charge in [-0.2, -0.15) is 0 Å². The zero-order chi connectivity index (χ0) is 19.6. The first kappa shape index (κ1) is 19.3. The number of carbonyl (C=O) groups is 1.